The fraction of sp³-hybridized carbons (Fsp3) is 0.118. The summed E-state index contributed by atoms with van der Waals surface area (Å²) in [6, 6.07) is 11.3. The van der Waals surface area contributed by atoms with Gasteiger partial charge in [0.2, 0.25) is 0 Å². The van der Waals surface area contributed by atoms with Crippen molar-refractivity contribution in [1.29, 1.82) is 0 Å². The lowest BCUT2D eigenvalue weighted by atomic mass is 10.1. The van der Waals surface area contributed by atoms with Crippen LogP contribution in [0.5, 0.6) is 0 Å². The van der Waals surface area contributed by atoms with Crippen LogP contribution in [0.2, 0.25) is 0 Å². The molecule has 3 rings (SSSR count). The molecule has 0 fully saturated rings. The van der Waals surface area contributed by atoms with Crippen LogP contribution in [0.3, 0.4) is 0 Å². The largest absolute Gasteiger partial charge is 0.476 e. The number of nitrogens with zero attached hydrogens (tertiary/aromatic N) is 3. The maximum Gasteiger partial charge on any atom is 0.416 e. The summed E-state index contributed by atoms with van der Waals surface area (Å²) < 4.78 is 39.3. The van der Waals surface area contributed by atoms with Crippen LogP contribution in [0.25, 0.3) is 16.9 Å². The fourth-order valence-electron chi connectivity index (χ4n) is 2.37. The lowest BCUT2D eigenvalue weighted by Gasteiger charge is -2.10. The van der Waals surface area contributed by atoms with Crippen molar-refractivity contribution in [3.63, 3.8) is 0 Å². The first-order chi connectivity index (χ1) is 11.8. The summed E-state index contributed by atoms with van der Waals surface area (Å²) in [5.41, 5.74) is 0.938. The molecule has 5 nitrogen and oxygen atoms in total. The van der Waals surface area contributed by atoms with Gasteiger partial charge in [-0.3, -0.25) is 0 Å². The smallest absolute Gasteiger partial charge is 0.416 e. The Hall–Kier alpha value is -3.16. The molecule has 8 heteroatoms. The number of aromatic nitrogens is 3. The van der Waals surface area contributed by atoms with Crippen LogP contribution >= 0.6 is 0 Å². The Kier molecular flexibility index (Phi) is 4.03. The first-order valence-electron chi connectivity index (χ1n) is 7.21. The number of hydrogen-bond acceptors (Lipinski definition) is 3. The van der Waals surface area contributed by atoms with Gasteiger partial charge in [0.05, 0.1) is 11.3 Å². The molecular weight excluding hydrogens is 335 g/mol. The van der Waals surface area contributed by atoms with Crippen molar-refractivity contribution in [2.75, 3.05) is 0 Å². The van der Waals surface area contributed by atoms with E-state index in [1.807, 2.05) is 6.92 Å². The van der Waals surface area contributed by atoms with E-state index in [0.717, 1.165) is 17.7 Å². The first kappa shape index (κ1) is 16.7. The Morgan fingerprint density at radius 1 is 1.04 bits per heavy atom. The Labute approximate surface area is 140 Å². The summed E-state index contributed by atoms with van der Waals surface area (Å²) in [5, 5.41) is 16.8. The maximum absolute atomic E-state index is 12.7. The highest BCUT2D eigenvalue weighted by Crippen LogP contribution is 2.31. The summed E-state index contributed by atoms with van der Waals surface area (Å²) in [6.45, 7) is 1.88. The van der Waals surface area contributed by atoms with Gasteiger partial charge in [-0.2, -0.15) is 13.2 Å². The van der Waals surface area contributed by atoms with Gasteiger partial charge in [0.15, 0.2) is 5.69 Å². The van der Waals surface area contributed by atoms with Crippen molar-refractivity contribution >= 4 is 5.97 Å². The van der Waals surface area contributed by atoms with E-state index < -0.39 is 17.7 Å². The second-order valence-electron chi connectivity index (χ2n) is 5.41. The van der Waals surface area contributed by atoms with Gasteiger partial charge in [-0.05, 0) is 31.2 Å². The third-order valence-corrected chi connectivity index (χ3v) is 3.64. The molecule has 0 bridgehead atoms. The average molecular weight is 347 g/mol. The van der Waals surface area contributed by atoms with Crippen LogP contribution in [-0.4, -0.2) is 26.1 Å². The molecule has 0 aliphatic rings. The van der Waals surface area contributed by atoms with Crippen molar-refractivity contribution in [2.45, 2.75) is 13.1 Å². The highest BCUT2D eigenvalue weighted by atomic mass is 19.4. The SMILES string of the molecule is Cc1ccc(-c2c(C(=O)O)nnn2-c2ccc(C(F)(F)F)cc2)cc1. The molecule has 0 saturated heterocycles. The molecule has 0 unspecified atom stereocenters. The number of carbonyl (C=O) groups is 1. The molecule has 0 atom stereocenters. The summed E-state index contributed by atoms with van der Waals surface area (Å²) in [4.78, 5) is 11.4. The van der Waals surface area contributed by atoms with Gasteiger partial charge < -0.3 is 5.11 Å². The molecule has 2 aromatic carbocycles. The van der Waals surface area contributed by atoms with Crippen molar-refractivity contribution < 1.29 is 23.1 Å². The Morgan fingerprint density at radius 3 is 2.16 bits per heavy atom. The minimum atomic E-state index is -4.45. The second-order valence-corrected chi connectivity index (χ2v) is 5.41. The van der Waals surface area contributed by atoms with Crippen molar-refractivity contribution in [1.82, 2.24) is 15.0 Å². The van der Waals surface area contributed by atoms with Crippen molar-refractivity contribution in [2.24, 2.45) is 0 Å². The van der Waals surface area contributed by atoms with E-state index in [1.54, 1.807) is 24.3 Å². The molecule has 1 aromatic heterocycles. The minimum Gasteiger partial charge on any atom is -0.476 e. The number of aromatic carboxylic acids is 1. The molecule has 128 valence electrons. The zero-order chi connectivity index (χ0) is 18.2. The van der Waals surface area contributed by atoms with Crippen LogP contribution in [-0.2, 0) is 6.18 Å². The molecule has 3 aromatic rings. The van der Waals surface area contributed by atoms with Gasteiger partial charge in [0.25, 0.3) is 0 Å². The molecule has 0 saturated carbocycles. The number of alkyl halides is 3. The van der Waals surface area contributed by atoms with Gasteiger partial charge >= 0.3 is 12.1 Å². The van der Waals surface area contributed by atoms with E-state index in [4.69, 9.17) is 0 Å². The maximum atomic E-state index is 12.7. The number of rotatable bonds is 3. The lowest BCUT2D eigenvalue weighted by Crippen LogP contribution is -2.06. The first-order valence-corrected chi connectivity index (χ1v) is 7.21. The standard InChI is InChI=1S/C17H12F3N3O2/c1-10-2-4-11(5-3-10)15-14(16(24)25)21-22-23(15)13-8-6-12(7-9-13)17(18,19)20/h2-9H,1H3,(H,24,25). The minimum absolute atomic E-state index is 0.201. The number of aryl methyl sites for hydroxylation is 1. The summed E-state index contributed by atoms with van der Waals surface area (Å²) in [6.07, 6.45) is -4.45. The number of carboxylic acid groups (broad SMARTS) is 1. The Bertz CT molecular complexity index is 914. The number of halogens is 3. The van der Waals surface area contributed by atoms with E-state index in [9.17, 15) is 23.1 Å². The zero-order valence-electron chi connectivity index (χ0n) is 12.9. The third-order valence-electron chi connectivity index (χ3n) is 3.64. The molecule has 0 amide bonds. The Balaban J connectivity index is 2.14. The molecule has 1 N–H and O–H groups in total. The number of hydrogen-bond donors (Lipinski definition) is 1. The van der Waals surface area contributed by atoms with Gasteiger partial charge in [-0.15, -0.1) is 5.10 Å². The van der Waals surface area contributed by atoms with Crippen LogP contribution in [0.15, 0.2) is 48.5 Å². The highest BCUT2D eigenvalue weighted by Gasteiger charge is 2.30. The van der Waals surface area contributed by atoms with Crippen molar-refractivity contribution in [3.8, 4) is 16.9 Å². The van der Waals surface area contributed by atoms with E-state index in [1.165, 1.54) is 16.8 Å². The second kappa shape index (κ2) is 6.04. The molecule has 25 heavy (non-hydrogen) atoms. The topological polar surface area (TPSA) is 68.0 Å². The predicted molar refractivity (Wildman–Crippen MR) is 83.5 cm³/mol. The lowest BCUT2D eigenvalue weighted by molar-refractivity contribution is -0.137. The summed E-state index contributed by atoms with van der Waals surface area (Å²) in [7, 11) is 0. The van der Waals surface area contributed by atoms with Crippen LogP contribution in [0, 0.1) is 6.92 Å². The van der Waals surface area contributed by atoms with E-state index in [2.05, 4.69) is 10.3 Å². The summed E-state index contributed by atoms with van der Waals surface area (Å²) >= 11 is 0. The fourth-order valence-corrected chi connectivity index (χ4v) is 2.37. The van der Waals surface area contributed by atoms with Crippen LogP contribution < -0.4 is 0 Å². The van der Waals surface area contributed by atoms with Gasteiger partial charge in [-0.1, -0.05) is 35.0 Å². The molecule has 0 aliphatic carbocycles. The molecule has 0 aliphatic heterocycles. The monoisotopic (exact) mass is 347 g/mol. The normalized spacial score (nSPS) is 11.5. The molecule has 0 radical (unpaired) electrons. The van der Waals surface area contributed by atoms with E-state index >= 15 is 0 Å². The molecular formula is C17H12F3N3O2. The average Bonchev–Trinajstić information content (AvgIpc) is 3.00. The van der Waals surface area contributed by atoms with Gasteiger partial charge in [-0.25, -0.2) is 9.48 Å². The van der Waals surface area contributed by atoms with E-state index in [0.29, 0.717) is 5.56 Å². The van der Waals surface area contributed by atoms with Crippen molar-refractivity contribution in [3.05, 3.63) is 65.4 Å². The predicted octanol–water partition coefficient (Wildman–Crippen LogP) is 3.96. The quantitative estimate of drug-likeness (QED) is 0.779. The number of carboxylic acids is 1. The van der Waals surface area contributed by atoms with E-state index in [-0.39, 0.29) is 17.1 Å². The van der Waals surface area contributed by atoms with Gasteiger partial charge in [0.1, 0.15) is 5.69 Å². The highest BCUT2D eigenvalue weighted by molar-refractivity contribution is 5.93. The third kappa shape index (κ3) is 3.23. The van der Waals surface area contributed by atoms with Crippen LogP contribution in [0.1, 0.15) is 21.6 Å². The molecule has 0 spiro atoms. The Morgan fingerprint density at radius 2 is 1.64 bits per heavy atom. The zero-order valence-corrected chi connectivity index (χ0v) is 12.9. The molecule has 1 heterocycles. The van der Waals surface area contributed by atoms with Gasteiger partial charge in [0, 0.05) is 5.56 Å². The summed E-state index contributed by atoms with van der Waals surface area (Å²) in [5.74, 6) is -1.27. The van der Waals surface area contributed by atoms with Crippen LogP contribution in [0.4, 0.5) is 13.2 Å². The number of benzene rings is 2.